The van der Waals surface area contributed by atoms with Gasteiger partial charge in [0, 0.05) is 119 Å². The molecule has 2 aliphatic carbocycles. The Morgan fingerprint density at radius 1 is 0.429 bits per heavy atom. The lowest BCUT2D eigenvalue weighted by atomic mass is 9.83. The predicted octanol–water partition coefficient (Wildman–Crippen LogP) is 18.0. The van der Waals surface area contributed by atoms with E-state index in [2.05, 4.69) is 93.4 Å². The first-order valence-electron chi connectivity index (χ1n) is 52.2. The third kappa shape index (κ3) is 24.9. The van der Waals surface area contributed by atoms with Crippen molar-refractivity contribution in [3.8, 4) is 45.2 Å². The molecule has 30 nitrogen and oxygen atoms in total. The van der Waals surface area contributed by atoms with Crippen LogP contribution in [0.3, 0.4) is 0 Å². The molecule has 6 saturated heterocycles. The van der Waals surface area contributed by atoms with Gasteiger partial charge in [-0.05, 0) is 247 Å². The number of halogens is 3. The van der Waals surface area contributed by atoms with Gasteiger partial charge in [0.15, 0.2) is 5.82 Å². The minimum absolute atomic E-state index is 0.0000736. The third-order valence-corrected chi connectivity index (χ3v) is 34.5. The number of pyridine rings is 2. The smallest absolute Gasteiger partial charge is 0.246 e. The van der Waals surface area contributed by atoms with Crippen LogP contribution in [0.1, 0.15) is 225 Å². The normalized spacial score (nSPS) is 20.3. The fourth-order valence-electron chi connectivity index (χ4n) is 21.8. The molecule has 7 aromatic heterocycles. The van der Waals surface area contributed by atoms with Gasteiger partial charge < -0.3 is 76.5 Å². The van der Waals surface area contributed by atoms with Crippen LogP contribution in [-0.2, 0) is 47.8 Å². The molecule has 9 N–H and O–H groups in total. The zero-order chi connectivity index (χ0) is 103. The van der Waals surface area contributed by atoms with Crippen LogP contribution < -0.4 is 43.0 Å². The van der Waals surface area contributed by atoms with Crippen molar-refractivity contribution in [2.45, 2.75) is 255 Å². The summed E-state index contributed by atoms with van der Waals surface area (Å²) in [7, 11) is 5.23. The van der Waals surface area contributed by atoms with Crippen molar-refractivity contribution in [1.82, 2.24) is 91.9 Å². The maximum Gasteiger partial charge on any atom is 0.246 e. The van der Waals surface area contributed by atoms with E-state index in [0.29, 0.717) is 80.8 Å². The molecule has 13 heterocycles. The van der Waals surface area contributed by atoms with Crippen LogP contribution >= 0.6 is 56.9 Å². The standard InChI is InChI=1S/C29H36FN5O2S.C28H34ClN5O2S.C28H34N4O3S.C25H30FN5O4S/c1-17-14-21(22-15-20(30)11-12-23(22)32-17)24-16-38-28(33-24)25-10-7-13-35(25)29(37)26(19-8-5-4-6-9-19)34-27(36)18(2)31-3;1-17(30-2)26(35)33-25(18-7-4-3-5-8-18)28(36)34-14-6-9-24(34)27-32-23(16-37-27)21-12-13-31-22-15-19(29)10-11-20(21)22;1-2-22(29)26(33)31-25(19-12-15-35-16-13-19)28(34)32-14-6-11-24(32)27-30-23(17-36-27)21-10-5-8-18-7-3-4-9-20(18)21;1-14(27-2)23(32)29-20(15-8-11-34-12-9-15)25(33)31-10-4-7-19(31)24-28-18(13-36-24)21-16-5-3-6-17(26)22(16)35-30-21/h11-12,14-16,18-19,25-26,31H,4-10,13H2,1-3H3,(H,34,36);10-13,15-18,24-25,30H,3-9,14H2,1-2H3,(H,33,35);3-5,7-10,17,19,22,24-25H,2,6,11-16,29H2,1H3,(H,31,33);3,5-6,13-15,19-20,27H,4,7-12H2,1-2H3,(H,29,32)/t18-,25-,26-;17-,24-,25-;22-,24-,25-;14-,19-,20-/m0000/s1. The Morgan fingerprint density at radius 3 is 1.31 bits per heavy atom. The van der Waals surface area contributed by atoms with Gasteiger partial charge in [-0.2, -0.15) is 0 Å². The second-order valence-corrected chi connectivity index (χ2v) is 43.9. The Hall–Kier alpha value is -11.2. The lowest BCUT2D eigenvalue weighted by Gasteiger charge is -2.35. The molecule has 37 heteroatoms. The van der Waals surface area contributed by atoms with Crippen LogP contribution in [-0.4, -0.2) is 224 Å². The number of hydrogen-bond acceptors (Lipinski definition) is 26. The van der Waals surface area contributed by atoms with E-state index in [1.54, 1.807) is 75.1 Å². The van der Waals surface area contributed by atoms with Gasteiger partial charge in [-0.1, -0.05) is 117 Å². The van der Waals surface area contributed by atoms with Crippen LogP contribution in [0.4, 0.5) is 8.78 Å². The molecule has 6 aliphatic heterocycles. The van der Waals surface area contributed by atoms with Gasteiger partial charge in [-0.3, -0.25) is 48.3 Å². The van der Waals surface area contributed by atoms with Gasteiger partial charge >= 0.3 is 0 Å². The molecule has 12 atom stereocenters. The molecule has 0 bridgehead atoms. The molecule has 5 aromatic carbocycles. The first-order valence-corrected chi connectivity index (χ1v) is 56.1. The molecule has 8 fully saturated rings. The maximum absolute atomic E-state index is 14.1. The number of benzene rings is 5. The third-order valence-electron chi connectivity index (χ3n) is 30.5. The Kier molecular flexibility index (Phi) is 36.4. The predicted molar refractivity (Wildman–Crippen MR) is 572 cm³/mol. The van der Waals surface area contributed by atoms with Crippen molar-refractivity contribution >= 4 is 148 Å². The van der Waals surface area contributed by atoms with Crippen LogP contribution in [0.25, 0.3) is 88.7 Å². The van der Waals surface area contributed by atoms with E-state index in [1.165, 1.54) is 64.5 Å². The second-order valence-electron chi connectivity index (χ2n) is 39.9. The number of likely N-dealkylation sites (N-methyl/N-ethyl adjacent to an activating group) is 3. The summed E-state index contributed by atoms with van der Waals surface area (Å²) in [6.07, 6.45) is 22.9. The Labute approximate surface area is 877 Å². The number of carbonyl (C=O) groups excluding carboxylic acids is 8. The van der Waals surface area contributed by atoms with Crippen molar-refractivity contribution in [2.24, 2.45) is 29.4 Å². The number of rotatable bonds is 28. The summed E-state index contributed by atoms with van der Waals surface area (Å²) >= 11 is 12.4. The van der Waals surface area contributed by atoms with Crippen molar-refractivity contribution in [2.75, 3.05) is 73.7 Å². The van der Waals surface area contributed by atoms with Crippen LogP contribution in [0.2, 0.25) is 5.02 Å². The minimum Gasteiger partial charge on any atom is -0.381 e. The fourth-order valence-corrected chi connectivity index (χ4v) is 25.8. The zero-order valence-electron chi connectivity index (χ0n) is 84.7. The van der Waals surface area contributed by atoms with Crippen molar-refractivity contribution in [3.63, 3.8) is 0 Å². The molecule has 147 heavy (non-hydrogen) atoms. The quantitative estimate of drug-likeness (QED) is 0.0226. The van der Waals surface area contributed by atoms with E-state index in [9.17, 15) is 47.1 Å². The van der Waals surface area contributed by atoms with E-state index in [4.69, 9.17) is 51.3 Å². The molecule has 0 unspecified atom stereocenters. The highest BCUT2D eigenvalue weighted by Gasteiger charge is 2.47. The lowest BCUT2D eigenvalue weighted by molar-refractivity contribution is -0.140. The monoisotopic (exact) mass is 2100 g/mol. The van der Waals surface area contributed by atoms with Crippen LogP contribution in [0.15, 0.2) is 141 Å². The van der Waals surface area contributed by atoms with Gasteiger partial charge in [-0.15, -0.1) is 45.3 Å². The summed E-state index contributed by atoms with van der Waals surface area (Å²) in [5.41, 5.74) is 15.1. The number of nitrogens with one attached hydrogen (secondary N) is 7. The number of thiazole rings is 4. The highest BCUT2D eigenvalue weighted by molar-refractivity contribution is 7.11. The molecule has 8 aliphatic rings. The van der Waals surface area contributed by atoms with Crippen LogP contribution in [0.5, 0.6) is 0 Å². The zero-order valence-corrected chi connectivity index (χ0v) is 88.7. The lowest BCUT2D eigenvalue weighted by Crippen LogP contribution is -2.56. The largest absolute Gasteiger partial charge is 0.381 e. The number of nitrogens with two attached hydrogens (primary N) is 1. The molecule has 780 valence electrons. The minimum atomic E-state index is -0.614. The molecule has 8 amide bonds. The summed E-state index contributed by atoms with van der Waals surface area (Å²) in [6, 6.07) is 29.1. The number of amides is 8. The van der Waals surface area contributed by atoms with Crippen molar-refractivity contribution in [3.05, 3.63) is 179 Å². The molecule has 2 saturated carbocycles. The fraction of sp³-hybridized carbons (Fsp3) is 0.500. The van der Waals surface area contributed by atoms with Gasteiger partial charge in [0.05, 0.1) is 81.8 Å². The Bertz CT molecular complexity index is 6610. The highest BCUT2D eigenvalue weighted by atomic mass is 35.5. The first-order chi connectivity index (χ1) is 71.3. The van der Waals surface area contributed by atoms with Crippen molar-refractivity contribution < 1.29 is 61.1 Å². The molecule has 20 rings (SSSR count). The summed E-state index contributed by atoms with van der Waals surface area (Å²) in [6.45, 7) is 14.2. The van der Waals surface area contributed by atoms with E-state index >= 15 is 0 Å². The number of carbonyl (C=O) groups is 8. The second kappa shape index (κ2) is 50.0. The number of para-hydroxylation sites is 1. The maximum atomic E-state index is 14.1. The van der Waals surface area contributed by atoms with E-state index in [1.807, 2.05) is 101 Å². The first kappa shape index (κ1) is 107. The van der Waals surface area contributed by atoms with Gasteiger partial charge in [0.1, 0.15) is 61.4 Å². The number of aryl methyl sites for hydroxylation is 1. The number of likely N-dealkylation sites (tertiary alicyclic amines) is 4. The molecule has 0 radical (unpaired) electrons. The average molecular weight is 2100 g/mol. The summed E-state index contributed by atoms with van der Waals surface area (Å²) in [5.74, 6) is -1.17. The van der Waals surface area contributed by atoms with Crippen LogP contribution in [0, 0.1) is 42.2 Å². The van der Waals surface area contributed by atoms with Crippen molar-refractivity contribution in [1.29, 1.82) is 0 Å². The number of aromatic nitrogens is 7. The van der Waals surface area contributed by atoms with E-state index in [-0.39, 0.29) is 119 Å². The Balaban J connectivity index is 0.000000134. The summed E-state index contributed by atoms with van der Waals surface area (Å²) in [4.78, 5) is 143. The topological polar surface area (TPSA) is 382 Å². The van der Waals surface area contributed by atoms with Gasteiger partial charge in [0.25, 0.3) is 0 Å². The SMILES string of the molecule is CC[C@H](N)C(=O)N[C@H](C(=O)N1CCC[C@H]1c1nc(-c2cccc3ccccc23)cs1)C1CCOCC1.CN[C@@H](C)C(=O)N[C@H](C(=O)N1CCC[C@H]1c1nc(-c2cc(C)nc3ccc(F)cc23)cs1)C1CCCCC1.CN[C@@H](C)C(=O)N[C@H](C(=O)N1CCC[C@H]1c1nc(-c2ccnc3cc(Cl)ccc23)cs1)C1CCCCC1.CN[C@@H](C)C(=O)N[C@H](C(=O)N1CCC[C@H]1c1nc(-c2noc3c(F)cccc23)cs1)C1CCOCC1. The van der Waals surface area contributed by atoms with Gasteiger partial charge in [0.2, 0.25) is 52.8 Å². The van der Waals surface area contributed by atoms with E-state index < -0.39 is 42.1 Å². The molecule has 0 spiro atoms. The summed E-state index contributed by atoms with van der Waals surface area (Å²) in [5, 5.41) is 42.1. The number of fused-ring (bicyclic) bond motifs is 4. The molecule has 12 aromatic rings. The molecular formula is C110H134ClF2N19O11S4. The number of hydrogen-bond donors (Lipinski definition) is 8. The Morgan fingerprint density at radius 2 is 0.844 bits per heavy atom. The number of ether oxygens (including phenoxy) is 2. The van der Waals surface area contributed by atoms with Gasteiger partial charge in [-0.25, -0.2) is 28.7 Å². The molecular weight excluding hydrogens is 1970 g/mol. The number of nitrogens with zero attached hydrogens (tertiary/aromatic N) is 11. The summed E-state index contributed by atoms with van der Waals surface area (Å²) < 4.78 is 44.4. The van der Waals surface area contributed by atoms with E-state index in [0.717, 1.165) is 210 Å². The average Bonchev–Trinajstić information content (AvgIpc) is 1.54. The highest BCUT2D eigenvalue weighted by Crippen LogP contribution is 2.46.